The molecule has 0 amide bonds. The lowest BCUT2D eigenvalue weighted by atomic mass is 10.2. The van der Waals surface area contributed by atoms with E-state index in [4.69, 9.17) is 0 Å². The second-order valence-corrected chi connectivity index (χ2v) is 2.95. The average molecular weight is 149 g/mol. The van der Waals surface area contributed by atoms with E-state index in [1.54, 1.807) is 0 Å². The van der Waals surface area contributed by atoms with E-state index in [0.29, 0.717) is 0 Å². The quantitative estimate of drug-likeness (QED) is 0.561. The highest BCUT2D eigenvalue weighted by Gasteiger charge is 1.95. The highest BCUT2D eigenvalue weighted by atomic mass is 32.1. The lowest BCUT2D eigenvalue weighted by Crippen LogP contribution is -1.71. The maximum absolute atomic E-state index is 4.22. The molecule has 0 aliphatic carbocycles. The molecule has 0 saturated carbocycles. The van der Waals surface area contributed by atoms with Crippen LogP contribution in [0.1, 0.15) is 5.56 Å². The van der Waals surface area contributed by atoms with Crippen LogP contribution in [-0.4, -0.2) is 4.37 Å². The Morgan fingerprint density at radius 1 is 1.40 bits per heavy atom. The fraction of sp³-hybridized carbons (Fsp3) is 0.125. The van der Waals surface area contributed by atoms with Gasteiger partial charge in [-0.15, -0.1) is 0 Å². The second kappa shape index (κ2) is 2.06. The molecule has 2 aromatic rings. The number of hydrogen-bond acceptors (Lipinski definition) is 2. The fourth-order valence-electron chi connectivity index (χ4n) is 1.03. The van der Waals surface area contributed by atoms with Gasteiger partial charge in [-0.2, -0.15) is 4.37 Å². The van der Waals surface area contributed by atoms with E-state index in [2.05, 4.69) is 22.7 Å². The molecular weight excluding hydrogens is 142 g/mol. The Hall–Kier alpha value is -0.890. The van der Waals surface area contributed by atoms with Crippen molar-refractivity contribution in [2.75, 3.05) is 0 Å². The highest BCUT2D eigenvalue weighted by molar-refractivity contribution is 7.04. The molecule has 0 saturated heterocycles. The van der Waals surface area contributed by atoms with Gasteiger partial charge in [0, 0.05) is 10.8 Å². The zero-order valence-electron chi connectivity index (χ0n) is 5.66. The van der Waals surface area contributed by atoms with Gasteiger partial charge < -0.3 is 0 Å². The zero-order chi connectivity index (χ0) is 6.97. The van der Waals surface area contributed by atoms with E-state index in [1.165, 1.54) is 22.5 Å². The number of rotatable bonds is 0. The Labute approximate surface area is 63.5 Å². The standard InChI is InChI=1S/C8H7NS/c1-6-3-2-4-8-7(6)5-10-9-8/h2-5H,1H3. The molecule has 1 nitrogen and oxygen atoms in total. The van der Waals surface area contributed by atoms with Crippen LogP contribution in [0, 0.1) is 6.92 Å². The molecule has 1 aromatic carbocycles. The predicted molar refractivity (Wildman–Crippen MR) is 44.4 cm³/mol. The molecule has 1 aromatic heterocycles. The van der Waals surface area contributed by atoms with Crippen molar-refractivity contribution in [2.24, 2.45) is 0 Å². The number of hydrogen-bond donors (Lipinski definition) is 0. The van der Waals surface area contributed by atoms with Crippen molar-refractivity contribution in [1.82, 2.24) is 4.37 Å². The maximum atomic E-state index is 4.22. The second-order valence-electron chi connectivity index (χ2n) is 2.32. The van der Waals surface area contributed by atoms with Crippen LogP contribution in [0.2, 0.25) is 0 Å². The maximum Gasteiger partial charge on any atom is 0.0843 e. The first kappa shape index (κ1) is 5.86. The Morgan fingerprint density at radius 3 is 3.10 bits per heavy atom. The van der Waals surface area contributed by atoms with Crippen LogP contribution in [0.25, 0.3) is 10.9 Å². The van der Waals surface area contributed by atoms with E-state index in [1.807, 2.05) is 12.1 Å². The molecule has 0 fully saturated rings. The van der Waals surface area contributed by atoms with Gasteiger partial charge in [0.05, 0.1) is 5.52 Å². The van der Waals surface area contributed by atoms with Gasteiger partial charge in [-0.05, 0) is 30.1 Å². The Morgan fingerprint density at radius 2 is 2.30 bits per heavy atom. The lowest BCUT2D eigenvalue weighted by Gasteiger charge is -1.90. The molecule has 50 valence electrons. The summed E-state index contributed by atoms with van der Waals surface area (Å²) in [6.45, 7) is 2.11. The molecule has 0 aliphatic rings. The van der Waals surface area contributed by atoms with Crippen molar-refractivity contribution < 1.29 is 0 Å². The molecule has 0 N–H and O–H groups in total. The molecule has 1 heterocycles. The number of fused-ring (bicyclic) bond motifs is 1. The molecule has 0 atom stereocenters. The SMILES string of the molecule is Cc1cccc2nscc12. The topological polar surface area (TPSA) is 12.9 Å². The zero-order valence-corrected chi connectivity index (χ0v) is 6.48. The van der Waals surface area contributed by atoms with E-state index in [9.17, 15) is 0 Å². The Bertz CT molecular complexity index is 351. The molecule has 0 unspecified atom stereocenters. The lowest BCUT2D eigenvalue weighted by molar-refractivity contribution is 1.53. The van der Waals surface area contributed by atoms with Gasteiger partial charge in [-0.1, -0.05) is 12.1 Å². The minimum Gasteiger partial charge on any atom is -0.193 e. The van der Waals surface area contributed by atoms with Gasteiger partial charge in [-0.3, -0.25) is 0 Å². The first-order chi connectivity index (χ1) is 4.88. The van der Waals surface area contributed by atoms with Crippen LogP contribution in [0.5, 0.6) is 0 Å². The minimum absolute atomic E-state index is 1.12. The van der Waals surface area contributed by atoms with Crippen molar-refractivity contribution in [2.45, 2.75) is 6.92 Å². The van der Waals surface area contributed by atoms with Gasteiger partial charge in [0.2, 0.25) is 0 Å². The fourth-order valence-corrected chi connectivity index (χ4v) is 1.77. The van der Waals surface area contributed by atoms with E-state index < -0.39 is 0 Å². The van der Waals surface area contributed by atoms with Crippen LogP contribution < -0.4 is 0 Å². The first-order valence-electron chi connectivity index (χ1n) is 3.17. The number of benzene rings is 1. The number of aryl methyl sites for hydroxylation is 1. The molecule has 0 aliphatic heterocycles. The molecular formula is C8H7NS. The normalized spacial score (nSPS) is 10.5. The summed E-state index contributed by atoms with van der Waals surface area (Å²) in [7, 11) is 0. The minimum atomic E-state index is 1.12. The van der Waals surface area contributed by atoms with Crippen molar-refractivity contribution >= 4 is 22.4 Å². The summed E-state index contributed by atoms with van der Waals surface area (Å²) in [5.74, 6) is 0. The van der Waals surface area contributed by atoms with Crippen molar-refractivity contribution in [1.29, 1.82) is 0 Å². The van der Waals surface area contributed by atoms with Gasteiger partial charge in [0.1, 0.15) is 0 Å². The summed E-state index contributed by atoms with van der Waals surface area (Å²) in [5.41, 5.74) is 2.43. The summed E-state index contributed by atoms with van der Waals surface area (Å²) < 4.78 is 4.22. The number of aromatic nitrogens is 1. The predicted octanol–water partition coefficient (Wildman–Crippen LogP) is 2.60. The Balaban J connectivity index is 2.95. The van der Waals surface area contributed by atoms with Crippen LogP contribution in [-0.2, 0) is 0 Å². The van der Waals surface area contributed by atoms with Crippen molar-refractivity contribution in [3.05, 3.63) is 29.1 Å². The molecule has 0 bridgehead atoms. The third-order valence-corrected chi connectivity index (χ3v) is 2.27. The van der Waals surface area contributed by atoms with Crippen LogP contribution in [0.15, 0.2) is 23.6 Å². The molecule has 0 spiro atoms. The van der Waals surface area contributed by atoms with Crippen molar-refractivity contribution in [3.63, 3.8) is 0 Å². The van der Waals surface area contributed by atoms with Crippen LogP contribution in [0.4, 0.5) is 0 Å². The van der Waals surface area contributed by atoms with E-state index in [-0.39, 0.29) is 0 Å². The molecule has 0 radical (unpaired) electrons. The summed E-state index contributed by atoms with van der Waals surface area (Å²) in [5, 5.41) is 3.37. The summed E-state index contributed by atoms with van der Waals surface area (Å²) in [4.78, 5) is 0. The van der Waals surface area contributed by atoms with Gasteiger partial charge in [0.25, 0.3) is 0 Å². The number of nitrogens with zero attached hydrogens (tertiary/aromatic N) is 1. The van der Waals surface area contributed by atoms with E-state index >= 15 is 0 Å². The Kier molecular flexibility index (Phi) is 1.21. The first-order valence-corrected chi connectivity index (χ1v) is 4.01. The third kappa shape index (κ3) is 0.727. The molecule has 2 heteroatoms. The highest BCUT2D eigenvalue weighted by Crippen LogP contribution is 2.18. The average Bonchev–Trinajstić information content (AvgIpc) is 2.36. The van der Waals surface area contributed by atoms with E-state index in [0.717, 1.165) is 5.52 Å². The van der Waals surface area contributed by atoms with Crippen LogP contribution >= 0.6 is 11.5 Å². The summed E-state index contributed by atoms with van der Waals surface area (Å²) >= 11 is 1.52. The molecule has 2 rings (SSSR count). The smallest absolute Gasteiger partial charge is 0.0843 e. The van der Waals surface area contributed by atoms with Crippen molar-refractivity contribution in [3.8, 4) is 0 Å². The molecule has 10 heavy (non-hydrogen) atoms. The monoisotopic (exact) mass is 149 g/mol. The summed E-state index contributed by atoms with van der Waals surface area (Å²) in [6, 6.07) is 6.19. The van der Waals surface area contributed by atoms with Crippen LogP contribution in [0.3, 0.4) is 0 Å². The van der Waals surface area contributed by atoms with Gasteiger partial charge in [0.15, 0.2) is 0 Å². The summed E-state index contributed by atoms with van der Waals surface area (Å²) in [6.07, 6.45) is 0. The van der Waals surface area contributed by atoms with Gasteiger partial charge in [-0.25, -0.2) is 0 Å². The largest absolute Gasteiger partial charge is 0.193 e. The third-order valence-electron chi connectivity index (χ3n) is 1.62. The van der Waals surface area contributed by atoms with Gasteiger partial charge >= 0.3 is 0 Å².